The fourth-order valence-corrected chi connectivity index (χ4v) is 4.63. The van der Waals surface area contributed by atoms with E-state index in [0.29, 0.717) is 17.9 Å². The van der Waals surface area contributed by atoms with E-state index in [4.69, 9.17) is 4.74 Å². The van der Waals surface area contributed by atoms with Gasteiger partial charge in [-0.05, 0) is 78.8 Å². The van der Waals surface area contributed by atoms with E-state index in [-0.39, 0.29) is 11.1 Å². The lowest BCUT2D eigenvalue weighted by Gasteiger charge is -2.35. The number of hydrogen-bond donors (Lipinski definition) is 0. The molecule has 0 bridgehead atoms. The number of halogens is 4. The lowest BCUT2D eigenvalue weighted by molar-refractivity contribution is -0.0494. The highest BCUT2D eigenvalue weighted by Crippen LogP contribution is 2.37. The van der Waals surface area contributed by atoms with Crippen molar-refractivity contribution >= 4 is 5.57 Å². The van der Waals surface area contributed by atoms with Crippen LogP contribution in [0.15, 0.2) is 36.4 Å². The first-order valence-corrected chi connectivity index (χ1v) is 10.7. The van der Waals surface area contributed by atoms with Crippen molar-refractivity contribution in [3.05, 3.63) is 65.2 Å². The Kier molecular flexibility index (Phi) is 6.28. The van der Waals surface area contributed by atoms with Gasteiger partial charge in [0.15, 0.2) is 17.5 Å². The summed E-state index contributed by atoms with van der Waals surface area (Å²) in [6.07, 6.45) is 8.74. The second kappa shape index (κ2) is 8.93. The standard InChI is InChI=1S/C25H26F4O/c1-2-15-3-10-24(30-14-15)17-6-4-16(5-7-17)18-8-9-20(21(26)11-18)19-12-22(27)25(29)23(28)13-19/h4,8-9,11-13,15,17,24H,2-3,5-7,10,14H2,1H3. The van der Waals surface area contributed by atoms with E-state index >= 15 is 0 Å². The minimum atomic E-state index is -1.55. The van der Waals surface area contributed by atoms with Crippen LogP contribution >= 0.6 is 0 Å². The van der Waals surface area contributed by atoms with Crippen molar-refractivity contribution in [3.8, 4) is 11.1 Å². The molecule has 0 spiro atoms. The lowest BCUT2D eigenvalue weighted by Crippen LogP contribution is -2.32. The molecule has 2 aromatic rings. The maximum Gasteiger partial charge on any atom is 0.194 e. The van der Waals surface area contributed by atoms with Crippen LogP contribution in [0.25, 0.3) is 16.7 Å². The summed E-state index contributed by atoms with van der Waals surface area (Å²) in [4.78, 5) is 0. The molecule has 3 unspecified atom stereocenters. The van der Waals surface area contributed by atoms with Crippen LogP contribution < -0.4 is 0 Å². The van der Waals surface area contributed by atoms with Gasteiger partial charge < -0.3 is 4.74 Å². The van der Waals surface area contributed by atoms with E-state index in [9.17, 15) is 17.6 Å². The first-order chi connectivity index (χ1) is 14.5. The molecule has 3 atom stereocenters. The number of benzene rings is 2. The molecule has 160 valence electrons. The summed E-state index contributed by atoms with van der Waals surface area (Å²) >= 11 is 0. The summed E-state index contributed by atoms with van der Waals surface area (Å²) in [6.45, 7) is 3.06. The summed E-state index contributed by atoms with van der Waals surface area (Å²) in [5.41, 5.74) is 1.88. The van der Waals surface area contributed by atoms with Crippen LogP contribution in [0.5, 0.6) is 0 Å². The molecule has 5 heteroatoms. The van der Waals surface area contributed by atoms with Crippen molar-refractivity contribution in [1.29, 1.82) is 0 Å². The molecule has 0 aromatic heterocycles. The van der Waals surface area contributed by atoms with Crippen LogP contribution in [0.2, 0.25) is 0 Å². The topological polar surface area (TPSA) is 9.23 Å². The highest BCUT2D eigenvalue weighted by molar-refractivity contribution is 5.71. The predicted octanol–water partition coefficient (Wildman–Crippen LogP) is 7.30. The Labute approximate surface area is 174 Å². The Hall–Kier alpha value is -2.14. The summed E-state index contributed by atoms with van der Waals surface area (Å²) in [7, 11) is 0. The zero-order valence-electron chi connectivity index (χ0n) is 17.1. The summed E-state index contributed by atoms with van der Waals surface area (Å²) in [5, 5.41) is 0. The fraction of sp³-hybridized carbons (Fsp3) is 0.440. The SMILES string of the molecule is CCC1CCC(C2CC=C(c3ccc(-c4cc(F)c(F)c(F)c4)c(F)c3)CC2)OC1. The van der Waals surface area contributed by atoms with E-state index < -0.39 is 23.3 Å². The molecule has 4 rings (SSSR count). The molecule has 0 radical (unpaired) electrons. The third-order valence-corrected chi connectivity index (χ3v) is 6.59. The average molecular weight is 418 g/mol. The van der Waals surface area contributed by atoms with Gasteiger partial charge in [-0.3, -0.25) is 0 Å². The van der Waals surface area contributed by atoms with Crippen LogP contribution in [0.3, 0.4) is 0 Å². The Bertz CT molecular complexity index is 921. The molecule has 0 N–H and O–H groups in total. The minimum Gasteiger partial charge on any atom is -0.378 e. The molecule has 30 heavy (non-hydrogen) atoms. The Morgan fingerprint density at radius 1 is 0.900 bits per heavy atom. The fourth-order valence-electron chi connectivity index (χ4n) is 4.63. The molecule has 0 saturated carbocycles. The number of hydrogen-bond acceptors (Lipinski definition) is 1. The van der Waals surface area contributed by atoms with E-state index in [2.05, 4.69) is 13.0 Å². The molecule has 1 saturated heterocycles. The van der Waals surface area contributed by atoms with E-state index in [1.165, 1.54) is 25.0 Å². The van der Waals surface area contributed by atoms with Crippen LogP contribution in [-0.2, 0) is 4.74 Å². The minimum absolute atomic E-state index is 0.0204. The molecule has 1 aliphatic heterocycles. The average Bonchev–Trinajstić information content (AvgIpc) is 2.77. The molecule has 1 nitrogen and oxygen atoms in total. The third-order valence-electron chi connectivity index (χ3n) is 6.59. The Morgan fingerprint density at radius 3 is 2.20 bits per heavy atom. The van der Waals surface area contributed by atoms with Crippen molar-refractivity contribution in [2.75, 3.05) is 6.61 Å². The lowest BCUT2D eigenvalue weighted by atomic mass is 9.80. The number of ether oxygens (including phenoxy) is 1. The van der Waals surface area contributed by atoms with Crippen molar-refractivity contribution in [2.24, 2.45) is 11.8 Å². The third kappa shape index (κ3) is 4.31. The van der Waals surface area contributed by atoms with Gasteiger partial charge in [0.25, 0.3) is 0 Å². The molecule has 0 amide bonds. The van der Waals surface area contributed by atoms with Gasteiger partial charge in [0.1, 0.15) is 5.82 Å². The van der Waals surface area contributed by atoms with E-state index in [1.54, 1.807) is 6.07 Å². The summed E-state index contributed by atoms with van der Waals surface area (Å²) in [6, 6.07) is 6.28. The maximum atomic E-state index is 14.7. The second-order valence-electron chi connectivity index (χ2n) is 8.44. The van der Waals surface area contributed by atoms with Crippen LogP contribution in [0.4, 0.5) is 17.6 Å². The monoisotopic (exact) mass is 418 g/mol. The number of rotatable bonds is 4. The van der Waals surface area contributed by atoms with Gasteiger partial charge in [0, 0.05) is 12.2 Å². The van der Waals surface area contributed by atoms with Crippen LogP contribution in [-0.4, -0.2) is 12.7 Å². The molecule has 1 heterocycles. The molecule has 1 aliphatic carbocycles. The van der Waals surface area contributed by atoms with Gasteiger partial charge in [-0.1, -0.05) is 31.6 Å². The van der Waals surface area contributed by atoms with Crippen molar-refractivity contribution < 1.29 is 22.3 Å². The quantitative estimate of drug-likeness (QED) is 0.374. The van der Waals surface area contributed by atoms with Crippen molar-refractivity contribution in [1.82, 2.24) is 0 Å². The Morgan fingerprint density at radius 2 is 1.63 bits per heavy atom. The van der Waals surface area contributed by atoms with Crippen molar-refractivity contribution in [3.63, 3.8) is 0 Å². The second-order valence-corrected chi connectivity index (χ2v) is 8.44. The zero-order valence-corrected chi connectivity index (χ0v) is 17.1. The van der Waals surface area contributed by atoms with Gasteiger partial charge in [0.2, 0.25) is 0 Å². The number of allylic oxidation sites excluding steroid dienone is 2. The van der Waals surface area contributed by atoms with Gasteiger partial charge in [-0.25, -0.2) is 17.6 Å². The molecule has 2 aliphatic rings. The summed E-state index contributed by atoms with van der Waals surface area (Å²) in [5.74, 6) is -3.61. The normalized spacial score (nSPS) is 24.6. The zero-order chi connectivity index (χ0) is 21.3. The van der Waals surface area contributed by atoms with Gasteiger partial charge in [-0.15, -0.1) is 0 Å². The highest BCUT2D eigenvalue weighted by atomic mass is 19.2. The van der Waals surface area contributed by atoms with Crippen molar-refractivity contribution in [2.45, 2.75) is 51.6 Å². The largest absolute Gasteiger partial charge is 0.378 e. The molecular weight excluding hydrogens is 392 g/mol. The first-order valence-electron chi connectivity index (χ1n) is 10.7. The van der Waals surface area contributed by atoms with Gasteiger partial charge >= 0.3 is 0 Å². The van der Waals surface area contributed by atoms with Gasteiger partial charge in [0.05, 0.1) is 6.10 Å². The van der Waals surface area contributed by atoms with Crippen LogP contribution in [0.1, 0.15) is 51.0 Å². The Balaban J connectivity index is 1.47. The predicted molar refractivity (Wildman–Crippen MR) is 110 cm³/mol. The summed E-state index contributed by atoms with van der Waals surface area (Å²) < 4.78 is 61.0. The highest BCUT2D eigenvalue weighted by Gasteiger charge is 2.29. The first kappa shape index (κ1) is 21.1. The van der Waals surface area contributed by atoms with Gasteiger partial charge in [-0.2, -0.15) is 0 Å². The molecule has 2 aromatic carbocycles. The maximum absolute atomic E-state index is 14.7. The smallest absolute Gasteiger partial charge is 0.194 e. The molecule has 1 fully saturated rings. The molecular formula is C25H26F4O. The van der Waals surface area contributed by atoms with E-state index in [0.717, 1.165) is 55.6 Å². The van der Waals surface area contributed by atoms with E-state index in [1.807, 2.05) is 0 Å². The van der Waals surface area contributed by atoms with Crippen LogP contribution in [0, 0.1) is 35.1 Å².